The molecule has 6 heteroatoms. The zero-order chi connectivity index (χ0) is 19.1. The highest BCUT2D eigenvalue weighted by atomic mass is 79.9. The van der Waals surface area contributed by atoms with Gasteiger partial charge in [0.15, 0.2) is 0 Å². The second kappa shape index (κ2) is 9.38. The van der Waals surface area contributed by atoms with Crippen LogP contribution in [0.25, 0.3) is 0 Å². The molecule has 0 saturated carbocycles. The van der Waals surface area contributed by atoms with Crippen molar-refractivity contribution in [2.45, 2.75) is 26.8 Å². The van der Waals surface area contributed by atoms with E-state index in [1.54, 1.807) is 0 Å². The lowest BCUT2D eigenvalue weighted by Crippen LogP contribution is -2.42. The van der Waals surface area contributed by atoms with Gasteiger partial charge >= 0.3 is 6.03 Å². The van der Waals surface area contributed by atoms with Crippen molar-refractivity contribution < 1.29 is 9.59 Å². The molecule has 1 atom stereocenters. The standard InChI is InChI=1S/C20H24BrN3O2/c1-13(2)19(15-7-5-4-6-8-15)24-20(26)22-12-18(25)23-17-10-9-16(21)11-14(17)3/h4-11,13,19H,12H2,1-3H3,(H,23,25)(H2,22,24,26)/t19-/m1/s1. The van der Waals surface area contributed by atoms with E-state index >= 15 is 0 Å². The maximum absolute atomic E-state index is 12.2. The van der Waals surface area contributed by atoms with E-state index in [-0.39, 0.29) is 30.4 Å². The molecule has 26 heavy (non-hydrogen) atoms. The van der Waals surface area contributed by atoms with Crippen LogP contribution in [0.4, 0.5) is 10.5 Å². The number of urea groups is 1. The zero-order valence-corrected chi connectivity index (χ0v) is 16.8. The Hall–Kier alpha value is -2.34. The molecular weight excluding hydrogens is 394 g/mol. The maximum atomic E-state index is 12.2. The van der Waals surface area contributed by atoms with Crippen molar-refractivity contribution in [3.8, 4) is 0 Å². The molecule has 0 saturated heterocycles. The summed E-state index contributed by atoms with van der Waals surface area (Å²) in [6, 6.07) is 14.9. The van der Waals surface area contributed by atoms with Crippen LogP contribution >= 0.6 is 15.9 Å². The average molecular weight is 418 g/mol. The van der Waals surface area contributed by atoms with E-state index in [4.69, 9.17) is 0 Å². The van der Waals surface area contributed by atoms with Gasteiger partial charge in [0.2, 0.25) is 5.91 Å². The fraction of sp³-hybridized carbons (Fsp3) is 0.300. The molecule has 0 radical (unpaired) electrons. The third kappa shape index (κ3) is 5.88. The van der Waals surface area contributed by atoms with Gasteiger partial charge in [-0.3, -0.25) is 4.79 Å². The zero-order valence-electron chi connectivity index (χ0n) is 15.2. The first-order chi connectivity index (χ1) is 12.4. The van der Waals surface area contributed by atoms with Gasteiger partial charge in [-0.1, -0.05) is 60.1 Å². The Morgan fingerprint density at radius 1 is 1.08 bits per heavy atom. The molecule has 3 N–H and O–H groups in total. The first-order valence-corrected chi connectivity index (χ1v) is 9.31. The van der Waals surface area contributed by atoms with E-state index in [2.05, 4.69) is 31.9 Å². The second-order valence-electron chi connectivity index (χ2n) is 6.47. The van der Waals surface area contributed by atoms with Crippen LogP contribution in [0.1, 0.15) is 31.0 Å². The van der Waals surface area contributed by atoms with Crippen LogP contribution in [0.5, 0.6) is 0 Å². The molecule has 0 heterocycles. The number of benzene rings is 2. The molecule has 2 aromatic rings. The Kier molecular flexibility index (Phi) is 7.21. The number of rotatable bonds is 6. The van der Waals surface area contributed by atoms with Crippen LogP contribution in [-0.4, -0.2) is 18.5 Å². The quantitative estimate of drug-likeness (QED) is 0.651. The van der Waals surface area contributed by atoms with Gasteiger partial charge in [0.1, 0.15) is 0 Å². The van der Waals surface area contributed by atoms with Crippen molar-refractivity contribution in [3.05, 3.63) is 64.1 Å². The summed E-state index contributed by atoms with van der Waals surface area (Å²) in [6.45, 7) is 5.90. The number of halogens is 1. The first kappa shape index (κ1) is 20.0. The van der Waals surface area contributed by atoms with E-state index in [0.29, 0.717) is 0 Å². The summed E-state index contributed by atoms with van der Waals surface area (Å²) < 4.78 is 0.950. The van der Waals surface area contributed by atoms with Crippen LogP contribution in [0, 0.1) is 12.8 Å². The number of carbonyl (C=O) groups is 2. The van der Waals surface area contributed by atoms with Gasteiger partial charge in [-0.2, -0.15) is 0 Å². The van der Waals surface area contributed by atoms with Gasteiger partial charge in [0, 0.05) is 10.2 Å². The Balaban J connectivity index is 1.88. The lowest BCUT2D eigenvalue weighted by Gasteiger charge is -2.23. The van der Waals surface area contributed by atoms with Crippen LogP contribution in [0.3, 0.4) is 0 Å². The lowest BCUT2D eigenvalue weighted by atomic mass is 9.96. The van der Waals surface area contributed by atoms with Gasteiger partial charge in [0.05, 0.1) is 12.6 Å². The molecule has 0 aliphatic carbocycles. The van der Waals surface area contributed by atoms with Crippen molar-refractivity contribution >= 4 is 33.6 Å². The van der Waals surface area contributed by atoms with Gasteiger partial charge in [0.25, 0.3) is 0 Å². The minimum atomic E-state index is -0.366. The Morgan fingerprint density at radius 2 is 1.77 bits per heavy atom. The summed E-state index contributed by atoms with van der Waals surface area (Å²) in [4.78, 5) is 24.3. The summed E-state index contributed by atoms with van der Waals surface area (Å²) in [7, 11) is 0. The predicted octanol–water partition coefficient (Wildman–Crippen LogP) is 4.39. The number of carbonyl (C=O) groups excluding carboxylic acids is 2. The molecule has 0 fully saturated rings. The molecule has 2 rings (SSSR count). The van der Waals surface area contributed by atoms with Crippen molar-refractivity contribution in [1.29, 1.82) is 0 Å². The topological polar surface area (TPSA) is 70.2 Å². The van der Waals surface area contributed by atoms with Crippen molar-refractivity contribution in [1.82, 2.24) is 10.6 Å². The van der Waals surface area contributed by atoms with E-state index in [1.165, 1.54) is 0 Å². The fourth-order valence-corrected chi connectivity index (χ4v) is 3.09. The molecular formula is C20H24BrN3O2. The molecule has 0 unspecified atom stereocenters. The van der Waals surface area contributed by atoms with E-state index in [1.807, 2.05) is 69.3 Å². The SMILES string of the molecule is Cc1cc(Br)ccc1NC(=O)CNC(=O)N[C@@H](c1ccccc1)C(C)C. The molecule has 0 spiro atoms. The third-order valence-corrected chi connectivity index (χ3v) is 4.48. The Labute approximate surface area is 162 Å². The Bertz CT molecular complexity index is 763. The molecule has 3 amide bonds. The van der Waals surface area contributed by atoms with E-state index in [9.17, 15) is 9.59 Å². The smallest absolute Gasteiger partial charge is 0.315 e. The number of aryl methyl sites for hydroxylation is 1. The highest BCUT2D eigenvalue weighted by Crippen LogP contribution is 2.21. The van der Waals surface area contributed by atoms with Crippen LogP contribution in [0.2, 0.25) is 0 Å². The van der Waals surface area contributed by atoms with Crippen molar-refractivity contribution in [2.75, 3.05) is 11.9 Å². The number of anilines is 1. The third-order valence-electron chi connectivity index (χ3n) is 3.98. The second-order valence-corrected chi connectivity index (χ2v) is 7.38. The molecule has 138 valence electrons. The minimum absolute atomic E-state index is 0.0963. The van der Waals surface area contributed by atoms with E-state index in [0.717, 1.165) is 21.3 Å². The molecule has 0 aliphatic heterocycles. The summed E-state index contributed by atoms with van der Waals surface area (Å²) in [5.41, 5.74) is 2.71. The summed E-state index contributed by atoms with van der Waals surface area (Å²) >= 11 is 3.39. The van der Waals surface area contributed by atoms with Crippen molar-refractivity contribution in [3.63, 3.8) is 0 Å². The molecule has 0 aromatic heterocycles. The van der Waals surface area contributed by atoms with Gasteiger partial charge in [-0.25, -0.2) is 4.79 Å². The van der Waals surface area contributed by atoms with Crippen LogP contribution in [-0.2, 0) is 4.79 Å². The average Bonchev–Trinajstić information content (AvgIpc) is 2.61. The number of amides is 3. The number of hydrogen-bond acceptors (Lipinski definition) is 2. The van der Waals surface area contributed by atoms with Crippen LogP contribution < -0.4 is 16.0 Å². The largest absolute Gasteiger partial charge is 0.331 e. The predicted molar refractivity (Wildman–Crippen MR) is 108 cm³/mol. The minimum Gasteiger partial charge on any atom is -0.331 e. The molecule has 5 nitrogen and oxygen atoms in total. The van der Waals surface area contributed by atoms with E-state index < -0.39 is 0 Å². The van der Waals surface area contributed by atoms with Gasteiger partial charge < -0.3 is 16.0 Å². The highest BCUT2D eigenvalue weighted by molar-refractivity contribution is 9.10. The number of hydrogen-bond donors (Lipinski definition) is 3. The van der Waals surface area contributed by atoms with Crippen LogP contribution in [0.15, 0.2) is 53.0 Å². The highest BCUT2D eigenvalue weighted by Gasteiger charge is 2.18. The lowest BCUT2D eigenvalue weighted by molar-refractivity contribution is -0.115. The normalized spacial score (nSPS) is 11.7. The summed E-state index contributed by atoms with van der Waals surface area (Å²) in [5.74, 6) is -0.0474. The molecule has 0 bridgehead atoms. The van der Waals surface area contributed by atoms with Gasteiger partial charge in [-0.05, 0) is 42.2 Å². The molecule has 0 aliphatic rings. The van der Waals surface area contributed by atoms with Crippen molar-refractivity contribution in [2.24, 2.45) is 5.92 Å². The Morgan fingerprint density at radius 3 is 2.38 bits per heavy atom. The molecule has 2 aromatic carbocycles. The fourth-order valence-electron chi connectivity index (χ4n) is 2.61. The summed E-state index contributed by atoms with van der Waals surface area (Å²) in [5, 5.41) is 8.35. The maximum Gasteiger partial charge on any atom is 0.315 e. The van der Waals surface area contributed by atoms with Gasteiger partial charge in [-0.15, -0.1) is 0 Å². The summed E-state index contributed by atoms with van der Waals surface area (Å²) in [6.07, 6.45) is 0. The first-order valence-electron chi connectivity index (χ1n) is 8.52. The monoisotopic (exact) mass is 417 g/mol. The number of nitrogens with one attached hydrogen (secondary N) is 3.